The molecule has 1 N–H and O–H groups in total. The van der Waals surface area contributed by atoms with Crippen LogP contribution in [0.2, 0.25) is 0 Å². The molecule has 72 valence electrons. The average Bonchev–Trinajstić information content (AvgIpc) is 2.70. The van der Waals surface area contributed by atoms with E-state index in [1.165, 1.54) is 12.2 Å². The van der Waals surface area contributed by atoms with Gasteiger partial charge in [0.25, 0.3) is 0 Å². The Balaban J connectivity index is 2.29. The van der Waals surface area contributed by atoms with Crippen molar-refractivity contribution < 1.29 is 0 Å². The van der Waals surface area contributed by atoms with Crippen LogP contribution in [-0.2, 0) is 6.54 Å². The number of rotatable bonds is 3. The standard InChI is InChI=1S/C9H15N3S/c1-3-4-12-8(7-5-6(7)2)10-11-9(12)13/h6-7H,3-5H2,1-2H3,(H,11,13). The fraction of sp³-hybridized carbons (Fsp3) is 0.778. The Bertz CT molecular complexity index is 352. The largest absolute Gasteiger partial charge is 0.304 e. The van der Waals surface area contributed by atoms with Gasteiger partial charge in [-0.3, -0.25) is 5.10 Å². The minimum Gasteiger partial charge on any atom is -0.304 e. The van der Waals surface area contributed by atoms with E-state index in [1.807, 2.05) is 0 Å². The molecule has 1 aliphatic rings. The molecule has 0 bridgehead atoms. The zero-order chi connectivity index (χ0) is 9.42. The number of nitrogens with one attached hydrogen (secondary N) is 1. The van der Waals surface area contributed by atoms with Crippen LogP contribution in [0, 0.1) is 10.7 Å². The van der Waals surface area contributed by atoms with Gasteiger partial charge in [0.2, 0.25) is 0 Å². The summed E-state index contributed by atoms with van der Waals surface area (Å²) < 4.78 is 2.92. The van der Waals surface area contributed by atoms with Gasteiger partial charge in [-0.25, -0.2) is 0 Å². The van der Waals surface area contributed by atoms with Crippen LogP contribution < -0.4 is 0 Å². The van der Waals surface area contributed by atoms with Gasteiger partial charge in [-0.15, -0.1) is 0 Å². The number of aromatic nitrogens is 3. The highest BCUT2D eigenvalue weighted by molar-refractivity contribution is 7.71. The van der Waals surface area contributed by atoms with Gasteiger partial charge in [-0.2, -0.15) is 5.10 Å². The summed E-state index contributed by atoms with van der Waals surface area (Å²) in [6.07, 6.45) is 2.38. The molecule has 1 aliphatic carbocycles. The highest BCUT2D eigenvalue weighted by atomic mass is 32.1. The van der Waals surface area contributed by atoms with Crippen molar-refractivity contribution in [3.63, 3.8) is 0 Å². The summed E-state index contributed by atoms with van der Waals surface area (Å²) in [5.41, 5.74) is 0. The Morgan fingerprint density at radius 2 is 2.38 bits per heavy atom. The molecular formula is C9H15N3S. The van der Waals surface area contributed by atoms with E-state index in [0.717, 1.165) is 23.7 Å². The molecule has 3 nitrogen and oxygen atoms in total. The number of hydrogen-bond donors (Lipinski definition) is 1. The van der Waals surface area contributed by atoms with Crippen LogP contribution in [0.3, 0.4) is 0 Å². The van der Waals surface area contributed by atoms with Gasteiger partial charge in [0, 0.05) is 12.5 Å². The molecule has 0 aliphatic heterocycles. The third-order valence-electron chi connectivity index (χ3n) is 2.68. The predicted octanol–water partition coefficient (Wildman–Crippen LogP) is 2.47. The molecule has 2 atom stereocenters. The number of hydrogen-bond acceptors (Lipinski definition) is 2. The summed E-state index contributed by atoms with van der Waals surface area (Å²) in [5, 5.41) is 7.17. The summed E-state index contributed by atoms with van der Waals surface area (Å²) in [6, 6.07) is 0. The van der Waals surface area contributed by atoms with Crippen LogP contribution in [0.4, 0.5) is 0 Å². The second-order valence-electron chi connectivity index (χ2n) is 3.86. The third kappa shape index (κ3) is 1.55. The van der Waals surface area contributed by atoms with Gasteiger partial charge in [0.05, 0.1) is 0 Å². The molecule has 4 heteroatoms. The van der Waals surface area contributed by atoms with Crippen molar-refractivity contribution in [1.29, 1.82) is 0 Å². The van der Waals surface area contributed by atoms with E-state index in [-0.39, 0.29) is 0 Å². The SMILES string of the molecule is CCCn1c(C2CC2C)n[nH]c1=S. The van der Waals surface area contributed by atoms with Crippen LogP contribution in [0.1, 0.15) is 38.4 Å². The quantitative estimate of drug-likeness (QED) is 0.755. The first kappa shape index (κ1) is 8.94. The molecule has 0 spiro atoms. The maximum Gasteiger partial charge on any atom is 0.195 e. The van der Waals surface area contributed by atoms with Crippen LogP contribution >= 0.6 is 12.2 Å². The van der Waals surface area contributed by atoms with Gasteiger partial charge in [-0.05, 0) is 31.0 Å². The molecule has 1 heterocycles. The van der Waals surface area contributed by atoms with Crippen molar-refractivity contribution in [1.82, 2.24) is 14.8 Å². The molecule has 2 unspecified atom stereocenters. The molecular weight excluding hydrogens is 182 g/mol. The molecule has 13 heavy (non-hydrogen) atoms. The zero-order valence-electron chi connectivity index (χ0n) is 8.08. The van der Waals surface area contributed by atoms with E-state index in [9.17, 15) is 0 Å². The lowest BCUT2D eigenvalue weighted by Crippen LogP contribution is -2.02. The minimum absolute atomic E-state index is 0.652. The molecule has 1 aromatic heterocycles. The van der Waals surface area contributed by atoms with E-state index in [4.69, 9.17) is 12.2 Å². The van der Waals surface area contributed by atoms with E-state index >= 15 is 0 Å². The van der Waals surface area contributed by atoms with E-state index in [1.54, 1.807) is 0 Å². The van der Waals surface area contributed by atoms with Crippen molar-refractivity contribution in [3.8, 4) is 0 Å². The van der Waals surface area contributed by atoms with Crippen molar-refractivity contribution >= 4 is 12.2 Å². The first-order valence-corrected chi connectivity index (χ1v) is 5.30. The topological polar surface area (TPSA) is 33.6 Å². The summed E-state index contributed by atoms with van der Waals surface area (Å²) in [7, 11) is 0. The summed E-state index contributed by atoms with van der Waals surface area (Å²) >= 11 is 5.17. The Morgan fingerprint density at radius 1 is 1.69 bits per heavy atom. The van der Waals surface area contributed by atoms with E-state index in [2.05, 4.69) is 28.6 Å². The first-order chi connectivity index (χ1) is 6.24. The number of nitrogens with zero attached hydrogens (tertiary/aromatic N) is 2. The fourth-order valence-corrected chi connectivity index (χ4v) is 1.96. The Labute approximate surface area is 83.2 Å². The lowest BCUT2D eigenvalue weighted by atomic mass is 10.3. The van der Waals surface area contributed by atoms with Gasteiger partial charge < -0.3 is 4.57 Å². The Hall–Kier alpha value is -0.640. The van der Waals surface area contributed by atoms with Crippen molar-refractivity contribution in [3.05, 3.63) is 10.6 Å². The second-order valence-corrected chi connectivity index (χ2v) is 4.24. The lowest BCUT2D eigenvalue weighted by molar-refractivity contribution is 0.625. The van der Waals surface area contributed by atoms with Crippen LogP contribution in [0.5, 0.6) is 0 Å². The summed E-state index contributed by atoms with van der Waals surface area (Å²) in [5.74, 6) is 2.61. The van der Waals surface area contributed by atoms with Crippen LogP contribution in [0.25, 0.3) is 0 Å². The minimum atomic E-state index is 0.652. The molecule has 0 aromatic carbocycles. The number of aromatic amines is 1. The lowest BCUT2D eigenvalue weighted by Gasteiger charge is -2.02. The molecule has 0 radical (unpaired) electrons. The number of H-pyrrole nitrogens is 1. The molecule has 1 aromatic rings. The molecule has 0 amide bonds. The van der Waals surface area contributed by atoms with Crippen molar-refractivity contribution in [2.75, 3.05) is 0 Å². The van der Waals surface area contributed by atoms with Crippen molar-refractivity contribution in [2.45, 2.75) is 39.2 Å². The van der Waals surface area contributed by atoms with Gasteiger partial charge >= 0.3 is 0 Å². The summed E-state index contributed by atoms with van der Waals surface area (Å²) in [4.78, 5) is 0. The van der Waals surface area contributed by atoms with Gasteiger partial charge in [0.15, 0.2) is 4.77 Å². The highest BCUT2D eigenvalue weighted by Crippen LogP contribution is 2.45. The Kier molecular flexibility index (Phi) is 2.24. The van der Waals surface area contributed by atoms with Crippen LogP contribution in [0.15, 0.2) is 0 Å². The molecule has 1 saturated carbocycles. The van der Waals surface area contributed by atoms with Gasteiger partial charge in [-0.1, -0.05) is 13.8 Å². The van der Waals surface area contributed by atoms with Crippen LogP contribution in [-0.4, -0.2) is 14.8 Å². The zero-order valence-corrected chi connectivity index (χ0v) is 8.90. The average molecular weight is 197 g/mol. The normalized spacial score (nSPS) is 26.3. The van der Waals surface area contributed by atoms with Crippen molar-refractivity contribution in [2.24, 2.45) is 5.92 Å². The smallest absolute Gasteiger partial charge is 0.195 e. The second kappa shape index (κ2) is 3.25. The maximum atomic E-state index is 5.17. The van der Waals surface area contributed by atoms with E-state index < -0.39 is 0 Å². The van der Waals surface area contributed by atoms with E-state index in [0.29, 0.717) is 5.92 Å². The third-order valence-corrected chi connectivity index (χ3v) is 2.99. The molecule has 2 rings (SSSR count). The maximum absolute atomic E-state index is 5.17. The monoisotopic (exact) mass is 197 g/mol. The first-order valence-electron chi connectivity index (χ1n) is 4.89. The predicted molar refractivity (Wildman–Crippen MR) is 54.2 cm³/mol. The molecule has 1 fully saturated rings. The van der Waals surface area contributed by atoms with Gasteiger partial charge in [0.1, 0.15) is 5.82 Å². The Morgan fingerprint density at radius 3 is 2.92 bits per heavy atom. The summed E-state index contributed by atoms with van der Waals surface area (Å²) in [6.45, 7) is 5.42. The fourth-order valence-electron chi connectivity index (χ4n) is 1.73. The highest BCUT2D eigenvalue weighted by Gasteiger charge is 2.37. The molecule has 0 saturated heterocycles.